The van der Waals surface area contributed by atoms with Gasteiger partial charge in [0.2, 0.25) is 0 Å². The molecule has 1 amide bonds. The first-order valence-electron chi connectivity index (χ1n) is 8.12. The van der Waals surface area contributed by atoms with Gasteiger partial charge in [0.1, 0.15) is 5.69 Å². The van der Waals surface area contributed by atoms with Gasteiger partial charge in [-0.25, -0.2) is 4.68 Å². The molecule has 0 aliphatic carbocycles. The number of hydrogen-bond acceptors (Lipinski definition) is 5. The van der Waals surface area contributed by atoms with Crippen molar-refractivity contribution in [2.75, 3.05) is 5.32 Å². The molecular formula is C19H16N4O4. The van der Waals surface area contributed by atoms with Gasteiger partial charge in [0, 0.05) is 23.9 Å². The van der Waals surface area contributed by atoms with Gasteiger partial charge in [-0.05, 0) is 30.7 Å². The van der Waals surface area contributed by atoms with Gasteiger partial charge in [-0.3, -0.25) is 19.7 Å². The lowest BCUT2D eigenvalue weighted by molar-refractivity contribution is -0.384. The van der Waals surface area contributed by atoms with Gasteiger partial charge >= 0.3 is 0 Å². The average molecular weight is 364 g/mol. The number of aromatic nitrogens is 2. The van der Waals surface area contributed by atoms with Crippen molar-refractivity contribution in [3.8, 4) is 0 Å². The maximum Gasteiger partial charge on any atom is 0.276 e. The van der Waals surface area contributed by atoms with Crippen molar-refractivity contribution < 1.29 is 9.72 Å². The van der Waals surface area contributed by atoms with Gasteiger partial charge in [-0.15, -0.1) is 0 Å². The van der Waals surface area contributed by atoms with Crippen molar-refractivity contribution in [1.82, 2.24) is 9.78 Å². The molecule has 2 aromatic carbocycles. The van der Waals surface area contributed by atoms with E-state index in [2.05, 4.69) is 10.4 Å². The number of amides is 1. The molecular weight excluding hydrogens is 348 g/mol. The number of nitrogens with zero attached hydrogens (tertiary/aromatic N) is 3. The summed E-state index contributed by atoms with van der Waals surface area (Å²) in [6.45, 7) is 2.22. The smallest absolute Gasteiger partial charge is 0.276 e. The second-order valence-corrected chi connectivity index (χ2v) is 5.96. The van der Waals surface area contributed by atoms with Crippen molar-refractivity contribution in [1.29, 1.82) is 0 Å². The van der Waals surface area contributed by atoms with Crippen molar-refractivity contribution in [3.05, 3.63) is 98.0 Å². The van der Waals surface area contributed by atoms with E-state index >= 15 is 0 Å². The first-order valence-corrected chi connectivity index (χ1v) is 8.12. The number of non-ortho nitro benzene ring substituents is 1. The number of carbonyl (C=O) groups is 1. The van der Waals surface area contributed by atoms with Gasteiger partial charge in [-0.2, -0.15) is 5.10 Å². The van der Waals surface area contributed by atoms with Crippen molar-refractivity contribution in [2.45, 2.75) is 13.5 Å². The van der Waals surface area contributed by atoms with Crippen LogP contribution in [0.4, 0.5) is 11.4 Å². The Morgan fingerprint density at radius 2 is 1.74 bits per heavy atom. The maximum atomic E-state index is 12.4. The molecule has 1 heterocycles. The van der Waals surface area contributed by atoms with E-state index in [1.165, 1.54) is 41.1 Å². The van der Waals surface area contributed by atoms with Crippen LogP contribution in [0, 0.1) is 17.0 Å². The molecule has 0 bridgehead atoms. The second-order valence-electron chi connectivity index (χ2n) is 5.96. The molecule has 0 spiro atoms. The van der Waals surface area contributed by atoms with Crippen LogP contribution in [0.25, 0.3) is 0 Å². The fraction of sp³-hybridized carbons (Fsp3) is 0.105. The Kier molecular flexibility index (Phi) is 5.07. The zero-order valence-corrected chi connectivity index (χ0v) is 14.5. The summed E-state index contributed by atoms with van der Waals surface area (Å²) in [7, 11) is 0. The lowest BCUT2D eigenvalue weighted by Gasteiger charge is -2.08. The topological polar surface area (TPSA) is 107 Å². The predicted molar refractivity (Wildman–Crippen MR) is 99.8 cm³/mol. The second kappa shape index (κ2) is 7.61. The van der Waals surface area contributed by atoms with Gasteiger partial charge < -0.3 is 5.32 Å². The van der Waals surface area contributed by atoms with Crippen LogP contribution >= 0.6 is 0 Å². The van der Waals surface area contributed by atoms with E-state index in [0.29, 0.717) is 5.69 Å². The molecule has 0 aliphatic heterocycles. The Bertz CT molecular complexity index is 1040. The maximum absolute atomic E-state index is 12.4. The Morgan fingerprint density at radius 3 is 2.37 bits per heavy atom. The number of rotatable bonds is 5. The molecule has 3 rings (SSSR count). The summed E-state index contributed by atoms with van der Waals surface area (Å²) in [5.41, 5.74) is 2.07. The van der Waals surface area contributed by atoms with Crippen LogP contribution in [-0.2, 0) is 6.54 Å². The minimum absolute atomic E-state index is 0.0695. The van der Waals surface area contributed by atoms with E-state index in [1.807, 2.05) is 31.2 Å². The van der Waals surface area contributed by atoms with E-state index in [1.54, 1.807) is 0 Å². The molecule has 8 nitrogen and oxygen atoms in total. The molecule has 3 aromatic rings. The molecule has 0 saturated carbocycles. The predicted octanol–water partition coefficient (Wildman–Crippen LogP) is 2.76. The number of hydrogen-bond donors (Lipinski definition) is 1. The normalized spacial score (nSPS) is 10.4. The molecule has 136 valence electrons. The van der Waals surface area contributed by atoms with Crippen molar-refractivity contribution in [3.63, 3.8) is 0 Å². The molecule has 1 aromatic heterocycles. The fourth-order valence-corrected chi connectivity index (χ4v) is 2.41. The summed E-state index contributed by atoms with van der Waals surface area (Å²) in [6.07, 6.45) is 0. The molecule has 1 N–H and O–H groups in total. The monoisotopic (exact) mass is 364 g/mol. The highest BCUT2D eigenvalue weighted by atomic mass is 16.6. The number of aryl methyl sites for hydroxylation is 1. The largest absolute Gasteiger partial charge is 0.321 e. The summed E-state index contributed by atoms with van der Waals surface area (Å²) >= 11 is 0. The summed E-state index contributed by atoms with van der Waals surface area (Å²) in [5.74, 6) is -0.512. The minimum atomic E-state index is -0.520. The number of carbonyl (C=O) groups excluding carboxylic acids is 1. The minimum Gasteiger partial charge on any atom is -0.321 e. The Labute approximate surface area is 154 Å². The highest BCUT2D eigenvalue weighted by Gasteiger charge is 2.11. The number of nitro benzene ring substituents is 1. The third-order valence-electron chi connectivity index (χ3n) is 3.89. The Balaban J connectivity index is 1.78. The molecule has 8 heteroatoms. The molecule has 0 atom stereocenters. The first-order chi connectivity index (χ1) is 12.9. The summed E-state index contributed by atoms with van der Waals surface area (Å²) in [4.78, 5) is 34.6. The van der Waals surface area contributed by atoms with Crippen LogP contribution in [0.2, 0.25) is 0 Å². The van der Waals surface area contributed by atoms with Gasteiger partial charge in [0.15, 0.2) is 0 Å². The van der Waals surface area contributed by atoms with Crippen LogP contribution < -0.4 is 10.9 Å². The van der Waals surface area contributed by atoms with Gasteiger partial charge in [0.25, 0.3) is 17.2 Å². The van der Waals surface area contributed by atoms with Crippen molar-refractivity contribution in [2.24, 2.45) is 0 Å². The average Bonchev–Trinajstić information content (AvgIpc) is 2.65. The zero-order chi connectivity index (χ0) is 19.4. The molecule has 0 aliphatic rings. The van der Waals surface area contributed by atoms with E-state index in [9.17, 15) is 19.7 Å². The highest BCUT2D eigenvalue weighted by molar-refractivity contribution is 6.02. The standard InChI is InChI=1S/C19H16N4O4/c1-13-2-4-14(5-3-13)12-22-18(24)11-10-17(21-22)19(25)20-15-6-8-16(9-7-15)23(26)27/h2-11H,12H2,1H3,(H,20,25). The van der Waals surface area contributed by atoms with E-state index < -0.39 is 10.8 Å². The van der Waals surface area contributed by atoms with Crippen LogP contribution in [0.5, 0.6) is 0 Å². The summed E-state index contributed by atoms with van der Waals surface area (Å²) in [6, 6.07) is 15.7. The van der Waals surface area contributed by atoms with Crippen molar-refractivity contribution >= 4 is 17.3 Å². The Hall–Kier alpha value is -3.81. The first kappa shape index (κ1) is 18.0. The van der Waals surface area contributed by atoms with Gasteiger partial charge in [-0.1, -0.05) is 29.8 Å². The lowest BCUT2D eigenvalue weighted by atomic mass is 10.1. The number of nitrogens with one attached hydrogen (secondary N) is 1. The number of nitro groups is 1. The van der Waals surface area contributed by atoms with E-state index in [-0.39, 0.29) is 23.5 Å². The SMILES string of the molecule is Cc1ccc(Cn2nc(C(=O)Nc3ccc([N+](=O)[O-])cc3)ccc2=O)cc1. The van der Waals surface area contributed by atoms with E-state index in [0.717, 1.165) is 11.1 Å². The molecule has 0 saturated heterocycles. The summed E-state index contributed by atoms with van der Waals surface area (Å²) < 4.78 is 1.22. The zero-order valence-electron chi connectivity index (χ0n) is 14.5. The Morgan fingerprint density at radius 1 is 1.07 bits per heavy atom. The quantitative estimate of drug-likeness (QED) is 0.553. The van der Waals surface area contributed by atoms with Gasteiger partial charge in [0.05, 0.1) is 11.5 Å². The molecule has 0 unspecified atom stereocenters. The number of anilines is 1. The fourth-order valence-electron chi connectivity index (χ4n) is 2.41. The molecule has 27 heavy (non-hydrogen) atoms. The van der Waals surface area contributed by atoms with Crippen LogP contribution in [-0.4, -0.2) is 20.6 Å². The van der Waals surface area contributed by atoms with E-state index in [4.69, 9.17) is 0 Å². The molecule has 0 radical (unpaired) electrons. The lowest BCUT2D eigenvalue weighted by Crippen LogP contribution is -2.26. The van der Waals surface area contributed by atoms with Crippen LogP contribution in [0.1, 0.15) is 21.6 Å². The number of benzene rings is 2. The highest BCUT2D eigenvalue weighted by Crippen LogP contribution is 2.15. The third-order valence-corrected chi connectivity index (χ3v) is 3.89. The third kappa shape index (κ3) is 4.43. The molecule has 0 fully saturated rings. The van der Waals surface area contributed by atoms with Crippen LogP contribution in [0.3, 0.4) is 0 Å². The van der Waals surface area contributed by atoms with Crippen LogP contribution in [0.15, 0.2) is 65.5 Å². The summed E-state index contributed by atoms with van der Waals surface area (Å²) in [5, 5.41) is 17.4.